The number of hydrogen-bond acceptors (Lipinski definition) is 3. The van der Waals surface area contributed by atoms with Gasteiger partial charge in [-0.2, -0.15) is 0 Å². The molecule has 0 radical (unpaired) electrons. The number of nitrogens with zero attached hydrogens (tertiary/aromatic N) is 2. The van der Waals surface area contributed by atoms with Crippen LogP contribution in [0.2, 0.25) is 0 Å². The second kappa shape index (κ2) is 8.45. The van der Waals surface area contributed by atoms with E-state index in [9.17, 15) is 4.79 Å². The number of amides is 1. The van der Waals surface area contributed by atoms with Gasteiger partial charge in [0.15, 0.2) is 0 Å². The Labute approximate surface area is 150 Å². The molecule has 0 atom stereocenters. The molecule has 0 bridgehead atoms. The van der Waals surface area contributed by atoms with Gasteiger partial charge in [-0.3, -0.25) is 9.69 Å². The molecule has 0 unspecified atom stereocenters. The lowest BCUT2D eigenvalue weighted by atomic mass is 10.0. The van der Waals surface area contributed by atoms with Crippen molar-refractivity contribution in [3.63, 3.8) is 0 Å². The molecule has 0 aromatic heterocycles. The van der Waals surface area contributed by atoms with Crippen molar-refractivity contribution in [1.29, 1.82) is 0 Å². The number of carbonyl (C=O) groups excluding carboxylic acids is 1. The minimum atomic E-state index is 0.158. The van der Waals surface area contributed by atoms with Crippen LogP contribution in [-0.4, -0.2) is 55.5 Å². The van der Waals surface area contributed by atoms with E-state index in [0.717, 1.165) is 26.2 Å². The molecule has 0 aliphatic heterocycles. The van der Waals surface area contributed by atoms with Gasteiger partial charge in [0.05, 0.1) is 0 Å². The summed E-state index contributed by atoms with van der Waals surface area (Å²) in [5.41, 5.74) is 1.36. The van der Waals surface area contributed by atoms with Crippen molar-refractivity contribution in [2.75, 3.05) is 33.7 Å². The Morgan fingerprint density at radius 3 is 2.60 bits per heavy atom. The Bertz CT molecular complexity index is 704. The molecule has 1 aliphatic carbocycles. The maximum absolute atomic E-state index is 12.1. The first-order valence-electron chi connectivity index (χ1n) is 9.25. The van der Waals surface area contributed by atoms with Gasteiger partial charge < -0.3 is 10.2 Å². The number of benzene rings is 2. The lowest BCUT2D eigenvalue weighted by Crippen LogP contribution is -2.35. The molecule has 4 heteroatoms. The fourth-order valence-corrected chi connectivity index (χ4v) is 3.23. The molecule has 4 nitrogen and oxygen atoms in total. The third-order valence-electron chi connectivity index (χ3n) is 4.82. The van der Waals surface area contributed by atoms with Gasteiger partial charge in [-0.05, 0) is 43.3 Å². The Morgan fingerprint density at radius 1 is 1.08 bits per heavy atom. The minimum Gasteiger partial charge on any atom is -0.355 e. The summed E-state index contributed by atoms with van der Waals surface area (Å²) in [7, 11) is 4.04. The number of carbonyl (C=O) groups is 1. The molecule has 1 aliphatic rings. The molecule has 0 saturated heterocycles. The summed E-state index contributed by atoms with van der Waals surface area (Å²) < 4.78 is 0. The van der Waals surface area contributed by atoms with Gasteiger partial charge in [0.1, 0.15) is 0 Å². The van der Waals surface area contributed by atoms with Crippen LogP contribution in [0.1, 0.15) is 24.8 Å². The first-order chi connectivity index (χ1) is 12.1. The van der Waals surface area contributed by atoms with E-state index in [2.05, 4.69) is 57.6 Å². The van der Waals surface area contributed by atoms with Crippen LogP contribution >= 0.6 is 0 Å². The van der Waals surface area contributed by atoms with Crippen molar-refractivity contribution in [2.45, 2.75) is 31.8 Å². The van der Waals surface area contributed by atoms with Crippen LogP contribution in [0.3, 0.4) is 0 Å². The lowest BCUT2D eigenvalue weighted by Gasteiger charge is -2.23. The average Bonchev–Trinajstić information content (AvgIpc) is 3.43. The van der Waals surface area contributed by atoms with E-state index >= 15 is 0 Å². The SMILES string of the molecule is CN(C)CCNC(=O)CCN(Cc1cccc2ccccc12)C1CC1. The Morgan fingerprint density at radius 2 is 1.84 bits per heavy atom. The zero-order valence-corrected chi connectivity index (χ0v) is 15.4. The smallest absolute Gasteiger partial charge is 0.221 e. The van der Waals surface area contributed by atoms with Gasteiger partial charge in [0.2, 0.25) is 5.91 Å². The third-order valence-corrected chi connectivity index (χ3v) is 4.82. The first kappa shape index (κ1) is 17.9. The fourth-order valence-electron chi connectivity index (χ4n) is 3.23. The third kappa shape index (κ3) is 5.28. The van der Waals surface area contributed by atoms with E-state index in [1.165, 1.54) is 29.2 Å². The van der Waals surface area contributed by atoms with Crippen molar-refractivity contribution in [1.82, 2.24) is 15.1 Å². The molecule has 1 N–H and O–H groups in total. The van der Waals surface area contributed by atoms with Gasteiger partial charge in [-0.25, -0.2) is 0 Å². The molecule has 2 aromatic rings. The monoisotopic (exact) mass is 339 g/mol. The highest BCUT2D eigenvalue weighted by molar-refractivity contribution is 5.85. The molecular weight excluding hydrogens is 310 g/mol. The number of rotatable bonds is 9. The largest absolute Gasteiger partial charge is 0.355 e. The summed E-state index contributed by atoms with van der Waals surface area (Å²) >= 11 is 0. The quantitative estimate of drug-likeness (QED) is 0.763. The van der Waals surface area contributed by atoms with Crippen molar-refractivity contribution in [3.8, 4) is 0 Å². The highest BCUT2D eigenvalue weighted by atomic mass is 16.1. The number of hydrogen-bond donors (Lipinski definition) is 1. The Hall–Kier alpha value is -1.91. The fraction of sp³-hybridized carbons (Fsp3) is 0.476. The molecule has 134 valence electrons. The molecule has 25 heavy (non-hydrogen) atoms. The van der Waals surface area contributed by atoms with Crippen LogP contribution < -0.4 is 5.32 Å². The standard InChI is InChI=1S/C21H29N3O/c1-23(2)15-13-22-21(25)12-14-24(19-10-11-19)16-18-8-5-7-17-6-3-4-9-20(17)18/h3-9,19H,10-16H2,1-2H3,(H,22,25). The second-order valence-corrected chi connectivity index (χ2v) is 7.24. The van der Waals surface area contributed by atoms with Crippen molar-refractivity contribution >= 4 is 16.7 Å². The maximum atomic E-state index is 12.1. The predicted molar refractivity (Wildman–Crippen MR) is 104 cm³/mol. The molecule has 3 rings (SSSR count). The zero-order valence-electron chi connectivity index (χ0n) is 15.4. The topological polar surface area (TPSA) is 35.6 Å². The summed E-state index contributed by atoms with van der Waals surface area (Å²) in [4.78, 5) is 16.6. The second-order valence-electron chi connectivity index (χ2n) is 7.24. The average molecular weight is 339 g/mol. The first-order valence-corrected chi connectivity index (χ1v) is 9.25. The van der Waals surface area contributed by atoms with E-state index in [1.807, 2.05) is 14.1 Å². The summed E-state index contributed by atoms with van der Waals surface area (Å²) in [6.45, 7) is 3.37. The van der Waals surface area contributed by atoms with E-state index in [-0.39, 0.29) is 5.91 Å². The van der Waals surface area contributed by atoms with Crippen molar-refractivity contribution in [3.05, 3.63) is 48.0 Å². The van der Waals surface area contributed by atoms with Gasteiger partial charge in [0.25, 0.3) is 0 Å². The Kier molecular flexibility index (Phi) is 6.05. The molecule has 2 aromatic carbocycles. The van der Waals surface area contributed by atoms with Gasteiger partial charge >= 0.3 is 0 Å². The summed E-state index contributed by atoms with van der Waals surface area (Å²) in [5.74, 6) is 0.158. The van der Waals surface area contributed by atoms with Crippen LogP contribution in [0.5, 0.6) is 0 Å². The van der Waals surface area contributed by atoms with Crippen molar-refractivity contribution < 1.29 is 4.79 Å². The molecule has 1 saturated carbocycles. The molecule has 1 fully saturated rings. The highest BCUT2D eigenvalue weighted by Crippen LogP contribution is 2.30. The van der Waals surface area contributed by atoms with E-state index in [4.69, 9.17) is 0 Å². The van der Waals surface area contributed by atoms with Crippen LogP contribution in [0.25, 0.3) is 10.8 Å². The van der Waals surface area contributed by atoms with Crippen LogP contribution in [0.15, 0.2) is 42.5 Å². The summed E-state index contributed by atoms with van der Waals surface area (Å²) in [6.07, 6.45) is 3.09. The zero-order chi connectivity index (χ0) is 17.6. The van der Waals surface area contributed by atoms with Crippen LogP contribution in [0, 0.1) is 0 Å². The summed E-state index contributed by atoms with van der Waals surface area (Å²) in [5, 5.41) is 5.63. The predicted octanol–water partition coefficient (Wildman–Crippen LogP) is 2.87. The lowest BCUT2D eigenvalue weighted by molar-refractivity contribution is -0.121. The number of fused-ring (bicyclic) bond motifs is 1. The van der Waals surface area contributed by atoms with Crippen molar-refractivity contribution in [2.24, 2.45) is 0 Å². The number of likely N-dealkylation sites (N-methyl/N-ethyl adjacent to an activating group) is 1. The maximum Gasteiger partial charge on any atom is 0.221 e. The minimum absolute atomic E-state index is 0.158. The van der Waals surface area contributed by atoms with Gasteiger partial charge in [-0.1, -0.05) is 42.5 Å². The highest BCUT2D eigenvalue weighted by Gasteiger charge is 2.29. The molecule has 1 amide bonds. The Balaban J connectivity index is 1.57. The van der Waals surface area contributed by atoms with E-state index < -0.39 is 0 Å². The normalized spacial score (nSPS) is 14.4. The van der Waals surface area contributed by atoms with Crippen LogP contribution in [-0.2, 0) is 11.3 Å². The molecule has 0 heterocycles. The summed E-state index contributed by atoms with van der Waals surface area (Å²) in [6, 6.07) is 15.7. The van der Waals surface area contributed by atoms with E-state index in [1.54, 1.807) is 0 Å². The molecular formula is C21H29N3O. The van der Waals surface area contributed by atoms with E-state index in [0.29, 0.717) is 12.5 Å². The molecule has 0 spiro atoms. The van der Waals surface area contributed by atoms with Crippen LogP contribution in [0.4, 0.5) is 0 Å². The van der Waals surface area contributed by atoms with Gasteiger partial charge in [0, 0.05) is 38.6 Å². The van der Waals surface area contributed by atoms with Gasteiger partial charge in [-0.15, -0.1) is 0 Å². The number of nitrogens with one attached hydrogen (secondary N) is 1.